The third-order valence-corrected chi connectivity index (χ3v) is 7.74. The molecule has 6 aromatic carbocycles. The van der Waals surface area contributed by atoms with Crippen LogP contribution in [0.15, 0.2) is 140 Å². The lowest BCUT2D eigenvalue weighted by Crippen LogP contribution is -1.97. The van der Waals surface area contributed by atoms with E-state index in [1.807, 2.05) is 12.1 Å². The summed E-state index contributed by atoms with van der Waals surface area (Å²) in [4.78, 5) is 0. The van der Waals surface area contributed by atoms with E-state index in [2.05, 4.69) is 124 Å². The number of hydrogen-bond acceptors (Lipinski definition) is 0. The first-order chi connectivity index (χ1) is 19.3. The van der Waals surface area contributed by atoms with E-state index >= 15 is 4.39 Å². The molecule has 0 aliphatic rings. The highest BCUT2D eigenvalue weighted by Crippen LogP contribution is 2.36. The number of hydrogen-bond donors (Lipinski definition) is 0. The Hall–Kier alpha value is -5.15. The molecule has 39 heavy (non-hydrogen) atoms. The number of nitrogens with zero attached hydrogens (tertiary/aromatic N) is 2. The van der Waals surface area contributed by atoms with E-state index in [0.717, 1.165) is 55.3 Å². The standard InChI is InChI=1S/C36H23FN2/c37-26-20-25(22-28(23-26)39-35-18-7-3-14-31(35)32-15-4-8-19-36(32)39)24-10-9-11-27(21-24)38-33-16-5-1-12-29(33)30-13-2-6-17-34(30)38/h1-23H. The minimum atomic E-state index is -0.258. The highest BCUT2D eigenvalue weighted by atomic mass is 19.1. The second-order valence-corrected chi connectivity index (χ2v) is 9.99. The molecule has 2 heterocycles. The van der Waals surface area contributed by atoms with Crippen molar-refractivity contribution in [3.05, 3.63) is 145 Å². The average Bonchev–Trinajstić information content (AvgIpc) is 3.50. The molecule has 8 aromatic rings. The van der Waals surface area contributed by atoms with E-state index in [-0.39, 0.29) is 5.82 Å². The molecule has 0 aliphatic carbocycles. The van der Waals surface area contributed by atoms with E-state index < -0.39 is 0 Å². The van der Waals surface area contributed by atoms with Gasteiger partial charge in [0.2, 0.25) is 0 Å². The summed E-state index contributed by atoms with van der Waals surface area (Å²) < 4.78 is 19.7. The fourth-order valence-electron chi connectivity index (χ4n) is 6.10. The summed E-state index contributed by atoms with van der Waals surface area (Å²) in [6.07, 6.45) is 0. The lowest BCUT2D eigenvalue weighted by Gasteiger charge is -2.13. The summed E-state index contributed by atoms with van der Waals surface area (Å²) in [5.41, 5.74) is 8.10. The van der Waals surface area contributed by atoms with Gasteiger partial charge >= 0.3 is 0 Å². The van der Waals surface area contributed by atoms with Crippen molar-refractivity contribution in [3.63, 3.8) is 0 Å². The van der Waals surface area contributed by atoms with E-state index in [1.165, 1.54) is 10.8 Å². The van der Waals surface area contributed by atoms with Gasteiger partial charge < -0.3 is 9.13 Å². The van der Waals surface area contributed by atoms with Crippen LogP contribution in [-0.4, -0.2) is 9.13 Å². The zero-order valence-corrected chi connectivity index (χ0v) is 21.1. The molecule has 0 saturated carbocycles. The van der Waals surface area contributed by atoms with Crippen LogP contribution >= 0.6 is 0 Å². The summed E-state index contributed by atoms with van der Waals surface area (Å²) in [5.74, 6) is -0.258. The maximum absolute atomic E-state index is 15.3. The van der Waals surface area contributed by atoms with Gasteiger partial charge in [0.05, 0.1) is 22.1 Å². The number of para-hydroxylation sites is 4. The molecular formula is C36H23FN2. The lowest BCUT2D eigenvalue weighted by molar-refractivity contribution is 0.627. The van der Waals surface area contributed by atoms with Crippen molar-refractivity contribution in [1.82, 2.24) is 9.13 Å². The van der Waals surface area contributed by atoms with Crippen molar-refractivity contribution in [1.29, 1.82) is 0 Å². The molecule has 0 atom stereocenters. The molecule has 0 aliphatic heterocycles. The van der Waals surface area contributed by atoms with Crippen LogP contribution in [0.3, 0.4) is 0 Å². The monoisotopic (exact) mass is 502 g/mol. The Labute approximate surface area is 224 Å². The number of fused-ring (bicyclic) bond motifs is 6. The average molecular weight is 503 g/mol. The summed E-state index contributed by atoms with van der Waals surface area (Å²) >= 11 is 0. The van der Waals surface area contributed by atoms with E-state index in [4.69, 9.17) is 0 Å². The van der Waals surface area contributed by atoms with E-state index in [9.17, 15) is 0 Å². The minimum absolute atomic E-state index is 0.258. The van der Waals surface area contributed by atoms with Gasteiger partial charge in [-0.25, -0.2) is 4.39 Å². The number of rotatable bonds is 3. The fraction of sp³-hybridized carbons (Fsp3) is 0. The van der Waals surface area contributed by atoms with Gasteiger partial charge in [0.1, 0.15) is 5.82 Å². The zero-order valence-electron chi connectivity index (χ0n) is 21.1. The first-order valence-corrected chi connectivity index (χ1v) is 13.1. The fourth-order valence-corrected chi connectivity index (χ4v) is 6.10. The molecule has 0 unspecified atom stereocenters. The Bertz CT molecular complexity index is 2090. The molecule has 184 valence electrons. The lowest BCUT2D eigenvalue weighted by atomic mass is 10.0. The van der Waals surface area contributed by atoms with Gasteiger partial charge in [0, 0.05) is 32.9 Å². The van der Waals surface area contributed by atoms with E-state index in [0.29, 0.717) is 0 Å². The molecule has 2 nitrogen and oxygen atoms in total. The van der Waals surface area contributed by atoms with Gasteiger partial charge in [-0.1, -0.05) is 84.9 Å². The van der Waals surface area contributed by atoms with Crippen molar-refractivity contribution in [2.24, 2.45) is 0 Å². The SMILES string of the molecule is Fc1cc(-c2cccc(-n3c4ccccc4c4ccccc43)c2)cc(-n2c3ccccc3c3ccccc32)c1. The molecule has 0 radical (unpaired) electrons. The third kappa shape index (κ3) is 3.33. The Kier molecular flexibility index (Phi) is 4.74. The van der Waals surface area contributed by atoms with Gasteiger partial charge in [0.25, 0.3) is 0 Å². The topological polar surface area (TPSA) is 9.86 Å². The Morgan fingerprint density at radius 2 is 0.795 bits per heavy atom. The van der Waals surface area contributed by atoms with Crippen LogP contribution < -0.4 is 0 Å². The van der Waals surface area contributed by atoms with Crippen molar-refractivity contribution < 1.29 is 4.39 Å². The Morgan fingerprint density at radius 1 is 0.359 bits per heavy atom. The number of aromatic nitrogens is 2. The van der Waals surface area contributed by atoms with Crippen molar-refractivity contribution in [2.45, 2.75) is 0 Å². The molecule has 0 spiro atoms. The normalized spacial score (nSPS) is 11.7. The largest absolute Gasteiger partial charge is 0.309 e. The van der Waals surface area contributed by atoms with Crippen LogP contribution in [0.4, 0.5) is 4.39 Å². The number of benzene rings is 6. The van der Waals surface area contributed by atoms with Crippen LogP contribution in [0, 0.1) is 5.82 Å². The second-order valence-electron chi connectivity index (χ2n) is 9.99. The smallest absolute Gasteiger partial charge is 0.125 e. The van der Waals surface area contributed by atoms with Gasteiger partial charge in [-0.3, -0.25) is 0 Å². The predicted octanol–water partition coefficient (Wildman–Crippen LogP) is 9.69. The third-order valence-electron chi connectivity index (χ3n) is 7.74. The summed E-state index contributed by atoms with van der Waals surface area (Å²) in [6, 6.07) is 47.3. The first kappa shape index (κ1) is 21.9. The second kappa shape index (κ2) is 8.44. The highest BCUT2D eigenvalue weighted by Gasteiger charge is 2.15. The molecule has 3 heteroatoms. The molecule has 0 fully saturated rings. The highest BCUT2D eigenvalue weighted by molar-refractivity contribution is 6.10. The zero-order chi connectivity index (χ0) is 25.9. The molecular weight excluding hydrogens is 479 g/mol. The van der Waals surface area contributed by atoms with Crippen LogP contribution in [-0.2, 0) is 0 Å². The summed E-state index contributed by atoms with van der Waals surface area (Å²) in [5, 5.41) is 4.76. The van der Waals surface area contributed by atoms with Gasteiger partial charge in [-0.15, -0.1) is 0 Å². The van der Waals surface area contributed by atoms with E-state index in [1.54, 1.807) is 12.1 Å². The van der Waals surface area contributed by atoms with Crippen molar-refractivity contribution >= 4 is 43.6 Å². The number of halogens is 1. The summed E-state index contributed by atoms with van der Waals surface area (Å²) in [6.45, 7) is 0. The molecule has 0 bridgehead atoms. The van der Waals surface area contributed by atoms with Crippen LogP contribution in [0.2, 0.25) is 0 Å². The quantitative estimate of drug-likeness (QED) is 0.228. The van der Waals surface area contributed by atoms with Gasteiger partial charge in [-0.05, 0) is 65.7 Å². The van der Waals surface area contributed by atoms with Gasteiger partial charge in [0.15, 0.2) is 0 Å². The van der Waals surface area contributed by atoms with Crippen LogP contribution in [0.5, 0.6) is 0 Å². The maximum Gasteiger partial charge on any atom is 0.125 e. The van der Waals surface area contributed by atoms with Crippen molar-refractivity contribution in [3.8, 4) is 22.5 Å². The maximum atomic E-state index is 15.3. The predicted molar refractivity (Wildman–Crippen MR) is 161 cm³/mol. The van der Waals surface area contributed by atoms with Crippen LogP contribution in [0.25, 0.3) is 66.1 Å². The molecule has 0 N–H and O–H groups in total. The van der Waals surface area contributed by atoms with Crippen LogP contribution in [0.1, 0.15) is 0 Å². The Balaban J connectivity index is 1.34. The van der Waals surface area contributed by atoms with Gasteiger partial charge in [-0.2, -0.15) is 0 Å². The molecule has 0 amide bonds. The Morgan fingerprint density at radius 3 is 1.31 bits per heavy atom. The molecule has 8 rings (SSSR count). The van der Waals surface area contributed by atoms with Crippen molar-refractivity contribution in [2.75, 3.05) is 0 Å². The molecule has 2 aromatic heterocycles. The first-order valence-electron chi connectivity index (χ1n) is 13.1. The minimum Gasteiger partial charge on any atom is -0.309 e. The summed E-state index contributed by atoms with van der Waals surface area (Å²) in [7, 11) is 0. The molecule has 0 saturated heterocycles.